The monoisotopic (exact) mass is 361 g/mol. The number of carbonyl (C=O) groups excluding carboxylic acids is 1. The number of hydrogen-bond acceptors (Lipinski definition) is 4. The second kappa shape index (κ2) is 8.27. The van der Waals surface area contributed by atoms with Gasteiger partial charge in [0.2, 0.25) is 0 Å². The molecule has 0 fully saturated rings. The maximum atomic E-state index is 12.1. The minimum absolute atomic E-state index is 0.0561. The predicted molar refractivity (Wildman–Crippen MR) is 99.2 cm³/mol. The van der Waals surface area contributed by atoms with Crippen LogP contribution < -0.4 is 5.32 Å². The van der Waals surface area contributed by atoms with Gasteiger partial charge in [-0.1, -0.05) is 37.3 Å². The van der Waals surface area contributed by atoms with Crippen LogP contribution in [-0.2, 0) is 9.84 Å². The number of aliphatic hydroxyl groups is 1. The number of benzene rings is 2. The van der Waals surface area contributed by atoms with E-state index in [1.165, 1.54) is 0 Å². The van der Waals surface area contributed by atoms with E-state index in [0.29, 0.717) is 5.56 Å². The van der Waals surface area contributed by atoms with Crippen molar-refractivity contribution in [3.63, 3.8) is 0 Å². The number of nitrogens with one attached hydrogen (secondary N) is 1. The molecule has 0 heterocycles. The summed E-state index contributed by atoms with van der Waals surface area (Å²) in [5.41, 5.74) is 3.20. The van der Waals surface area contributed by atoms with Gasteiger partial charge in [-0.15, -0.1) is 0 Å². The highest BCUT2D eigenvalue weighted by Crippen LogP contribution is 2.23. The summed E-state index contributed by atoms with van der Waals surface area (Å²) in [6.45, 7) is 3.40. The average Bonchev–Trinajstić information content (AvgIpc) is 2.61. The minimum atomic E-state index is -3.09. The summed E-state index contributed by atoms with van der Waals surface area (Å²) in [5.74, 6) is -0.279. The molecule has 2 aromatic rings. The van der Waals surface area contributed by atoms with Crippen LogP contribution in [-0.4, -0.2) is 37.5 Å². The molecule has 2 N–H and O–H groups in total. The Morgan fingerprint density at radius 3 is 2.40 bits per heavy atom. The highest BCUT2D eigenvalue weighted by Gasteiger charge is 2.10. The molecule has 6 heteroatoms. The molecule has 0 aromatic heterocycles. The third-order valence-electron chi connectivity index (χ3n) is 3.99. The Balaban J connectivity index is 2.04. The van der Waals surface area contributed by atoms with Gasteiger partial charge in [0.25, 0.3) is 5.91 Å². The third kappa shape index (κ3) is 5.41. The number of aliphatic hydroxyl groups excluding tert-OH is 1. The Hall–Kier alpha value is -2.18. The lowest BCUT2D eigenvalue weighted by Gasteiger charge is -2.09. The Morgan fingerprint density at radius 1 is 1.12 bits per heavy atom. The van der Waals surface area contributed by atoms with Crippen LogP contribution in [0.1, 0.15) is 35.9 Å². The van der Waals surface area contributed by atoms with Gasteiger partial charge in [-0.2, -0.15) is 0 Å². The van der Waals surface area contributed by atoms with Crippen LogP contribution in [0.2, 0.25) is 0 Å². The van der Waals surface area contributed by atoms with Crippen LogP contribution in [0.25, 0.3) is 11.1 Å². The largest absolute Gasteiger partial charge is 0.389 e. The van der Waals surface area contributed by atoms with Gasteiger partial charge in [-0.05, 0) is 41.8 Å². The van der Waals surface area contributed by atoms with E-state index in [0.717, 1.165) is 16.7 Å². The summed E-state index contributed by atoms with van der Waals surface area (Å²) in [6.07, 6.45) is -0.538. The summed E-state index contributed by atoms with van der Waals surface area (Å²) < 4.78 is 22.9. The molecule has 0 radical (unpaired) electrons. The lowest BCUT2D eigenvalue weighted by atomic mass is 10.00. The van der Waals surface area contributed by atoms with E-state index in [-0.39, 0.29) is 24.0 Å². The number of rotatable bonds is 7. The Kier molecular flexibility index (Phi) is 6.33. The molecule has 2 aromatic carbocycles. The van der Waals surface area contributed by atoms with Crippen molar-refractivity contribution in [1.82, 2.24) is 5.32 Å². The first-order valence-electron chi connectivity index (χ1n) is 8.19. The van der Waals surface area contributed by atoms with Crippen molar-refractivity contribution in [2.75, 3.05) is 18.1 Å². The maximum absolute atomic E-state index is 12.1. The third-order valence-corrected chi connectivity index (χ3v) is 5.69. The zero-order valence-corrected chi connectivity index (χ0v) is 15.2. The molecular formula is C19H23NO4S. The van der Waals surface area contributed by atoms with E-state index in [2.05, 4.69) is 5.32 Å². The molecule has 5 nitrogen and oxygen atoms in total. The van der Waals surface area contributed by atoms with E-state index in [4.69, 9.17) is 0 Å². The topological polar surface area (TPSA) is 83.5 Å². The van der Waals surface area contributed by atoms with Gasteiger partial charge < -0.3 is 10.4 Å². The summed E-state index contributed by atoms with van der Waals surface area (Å²) in [4.78, 5) is 12.1. The van der Waals surface area contributed by atoms with Gasteiger partial charge in [-0.25, -0.2) is 8.42 Å². The summed E-state index contributed by atoms with van der Waals surface area (Å²) in [6, 6.07) is 14.7. The number of amides is 1. The first-order chi connectivity index (χ1) is 11.8. The Labute approximate surface area is 148 Å². The zero-order valence-electron chi connectivity index (χ0n) is 14.4. The molecule has 0 aliphatic carbocycles. The Bertz CT molecular complexity index is 827. The molecule has 1 atom stereocenters. The van der Waals surface area contributed by atoms with Gasteiger partial charge in [0.1, 0.15) is 0 Å². The van der Waals surface area contributed by atoms with Gasteiger partial charge in [0.15, 0.2) is 9.84 Å². The van der Waals surface area contributed by atoms with Crippen molar-refractivity contribution >= 4 is 15.7 Å². The molecule has 0 aliphatic heterocycles. The molecule has 134 valence electrons. The van der Waals surface area contributed by atoms with Crippen molar-refractivity contribution < 1.29 is 18.3 Å². The van der Waals surface area contributed by atoms with Crippen LogP contribution in [0.15, 0.2) is 48.5 Å². The summed E-state index contributed by atoms with van der Waals surface area (Å²) in [7, 11) is -3.09. The van der Waals surface area contributed by atoms with E-state index in [1.54, 1.807) is 26.0 Å². The number of sulfone groups is 1. The van der Waals surface area contributed by atoms with E-state index in [9.17, 15) is 18.3 Å². The maximum Gasteiger partial charge on any atom is 0.251 e. The second-order valence-corrected chi connectivity index (χ2v) is 8.34. The van der Waals surface area contributed by atoms with Crippen LogP contribution in [0.5, 0.6) is 0 Å². The van der Waals surface area contributed by atoms with E-state index < -0.39 is 15.9 Å². The minimum Gasteiger partial charge on any atom is -0.389 e. The van der Waals surface area contributed by atoms with E-state index >= 15 is 0 Å². The van der Waals surface area contributed by atoms with Gasteiger partial charge in [0.05, 0.1) is 11.9 Å². The smallest absolute Gasteiger partial charge is 0.251 e. The molecule has 0 saturated heterocycles. The molecule has 25 heavy (non-hydrogen) atoms. The predicted octanol–water partition coefficient (Wildman–Crippen LogP) is 2.57. The number of carbonyl (C=O) groups is 1. The van der Waals surface area contributed by atoms with Gasteiger partial charge in [-0.3, -0.25) is 4.79 Å². The number of hydrogen-bond donors (Lipinski definition) is 2. The highest BCUT2D eigenvalue weighted by molar-refractivity contribution is 7.91. The first kappa shape index (κ1) is 19.1. The van der Waals surface area contributed by atoms with Gasteiger partial charge >= 0.3 is 0 Å². The molecule has 0 saturated carbocycles. The summed E-state index contributed by atoms with van der Waals surface area (Å²) >= 11 is 0. The molecule has 0 aliphatic rings. The molecule has 1 unspecified atom stereocenters. The van der Waals surface area contributed by atoms with Gasteiger partial charge in [0, 0.05) is 17.9 Å². The molecule has 0 spiro atoms. The average molecular weight is 361 g/mol. The van der Waals surface area contributed by atoms with Crippen LogP contribution in [0.4, 0.5) is 0 Å². The zero-order chi connectivity index (χ0) is 18.4. The fourth-order valence-corrected chi connectivity index (χ4v) is 3.06. The SMILES string of the molecule is CCS(=O)(=O)CCNC(=O)c1ccc(-c2cccc(C(C)O)c2)cc1. The lowest BCUT2D eigenvalue weighted by molar-refractivity contribution is 0.0956. The lowest BCUT2D eigenvalue weighted by Crippen LogP contribution is -2.29. The standard InChI is InChI=1S/C19H23NO4S/c1-3-25(23,24)12-11-20-19(22)16-9-7-15(8-10-16)18-6-4-5-17(13-18)14(2)21/h4-10,13-14,21H,3,11-12H2,1-2H3,(H,20,22). The quantitative estimate of drug-likeness (QED) is 0.794. The fourth-order valence-electron chi connectivity index (χ4n) is 2.36. The Morgan fingerprint density at radius 2 is 1.80 bits per heavy atom. The van der Waals surface area contributed by atoms with Crippen molar-refractivity contribution in [1.29, 1.82) is 0 Å². The molecule has 1 amide bonds. The van der Waals surface area contributed by atoms with Crippen molar-refractivity contribution in [2.24, 2.45) is 0 Å². The van der Waals surface area contributed by atoms with Crippen molar-refractivity contribution in [2.45, 2.75) is 20.0 Å². The second-order valence-electron chi connectivity index (χ2n) is 5.87. The molecule has 2 rings (SSSR count). The highest BCUT2D eigenvalue weighted by atomic mass is 32.2. The van der Waals surface area contributed by atoms with Crippen LogP contribution >= 0.6 is 0 Å². The van der Waals surface area contributed by atoms with Crippen molar-refractivity contribution in [3.8, 4) is 11.1 Å². The molecular weight excluding hydrogens is 338 g/mol. The van der Waals surface area contributed by atoms with E-state index in [1.807, 2.05) is 36.4 Å². The van der Waals surface area contributed by atoms with Crippen LogP contribution in [0, 0.1) is 0 Å². The summed E-state index contributed by atoms with van der Waals surface area (Å²) in [5, 5.41) is 12.3. The van der Waals surface area contributed by atoms with Crippen LogP contribution in [0.3, 0.4) is 0 Å². The van der Waals surface area contributed by atoms with Crippen molar-refractivity contribution in [3.05, 3.63) is 59.7 Å². The molecule has 0 bridgehead atoms. The normalized spacial score (nSPS) is 12.6. The fraction of sp³-hybridized carbons (Fsp3) is 0.316. The first-order valence-corrected chi connectivity index (χ1v) is 10.0.